The van der Waals surface area contributed by atoms with Gasteiger partial charge in [0.2, 0.25) is 0 Å². The SMILES string of the molecule is CCCCN(CCCC)C(=O)c1ccc(NN)cc1C. The van der Waals surface area contributed by atoms with Crippen molar-refractivity contribution in [2.75, 3.05) is 18.5 Å². The maximum Gasteiger partial charge on any atom is 0.254 e. The van der Waals surface area contributed by atoms with E-state index in [1.807, 2.05) is 30.0 Å². The van der Waals surface area contributed by atoms with Crippen molar-refractivity contribution in [1.82, 2.24) is 4.90 Å². The molecule has 3 N–H and O–H groups in total. The second-order valence-corrected chi connectivity index (χ2v) is 5.17. The summed E-state index contributed by atoms with van der Waals surface area (Å²) in [5, 5.41) is 0. The number of nitrogens with two attached hydrogens (primary N) is 1. The molecule has 1 rings (SSSR count). The van der Waals surface area contributed by atoms with Gasteiger partial charge in [0.1, 0.15) is 0 Å². The lowest BCUT2D eigenvalue weighted by atomic mass is 10.1. The summed E-state index contributed by atoms with van der Waals surface area (Å²) in [6.45, 7) is 7.92. The van der Waals surface area contributed by atoms with Crippen molar-refractivity contribution in [2.45, 2.75) is 46.5 Å². The standard InChI is InChI=1S/C16H27N3O/c1-4-6-10-19(11-7-5-2)16(20)15-9-8-14(18-17)12-13(15)3/h8-9,12,18H,4-7,10-11,17H2,1-3H3. The molecule has 1 aromatic rings. The van der Waals surface area contributed by atoms with Gasteiger partial charge in [0.25, 0.3) is 5.91 Å². The number of aryl methyl sites for hydroxylation is 1. The van der Waals surface area contributed by atoms with E-state index in [4.69, 9.17) is 5.84 Å². The number of rotatable bonds is 8. The summed E-state index contributed by atoms with van der Waals surface area (Å²) < 4.78 is 0. The second kappa shape index (κ2) is 8.59. The van der Waals surface area contributed by atoms with Gasteiger partial charge in [0.05, 0.1) is 0 Å². The predicted octanol–water partition coefficient (Wildman–Crippen LogP) is 3.32. The third-order valence-electron chi connectivity index (χ3n) is 3.47. The van der Waals surface area contributed by atoms with Crippen LogP contribution in [0.15, 0.2) is 18.2 Å². The van der Waals surface area contributed by atoms with Crippen LogP contribution in [0.4, 0.5) is 5.69 Å². The van der Waals surface area contributed by atoms with Gasteiger partial charge in [0.15, 0.2) is 0 Å². The van der Waals surface area contributed by atoms with E-state index in [0.29, 0.717) is 0 Å². The number of carbonyl (C=O) groups excluding carboxylic acids is 1. The molecule has 1 amide bonds. The maximum absolute atomic E-state index is 12.7. The van der Waals surface area contributed by atoms with E-state index in [1.54, 1.807) is 0 Å². The highest BCUT2D eigenvalue weighted by Crippen LogP contribution is 2.17. The first-order valence-electron chi connectivity index (χ1n) is 7.50. The number of hydrogen-bond acceptors (Lipinski definition) is 3. The third-order valence-corrected chi connectivity index (χ3v) is 3.47. The maximum atomic E-state index is 12.7. The van der Waals surface area contributed by atoms with Crippen molar-refractivity contribution in [3.05, 3.63) is 29.3 Å². The normalized spacial score (nSPS) is 10.4. The Morgan fingerprint density at radius 3 is 2.25 bits per heavy atom. The molecule has 0 atom stereocenters. The molecule has 0 aliphatic rings. The van der Waals surface area contributed by atoms with E-state index >= 15 is 0 Å². The lowest BCUT2D eigenvalue weighted by Gasteiger charge is -2.23. The number of amides is 1. The fourth-order valence-corrected chi connectivity index (χ4v) is 2.18. The highest BCUT2D eigenvalue weighted by Gasteiger charge is 2.16. The molecule has 0 aromatic heterocycles. The van der Waals surface area contributed by atoms with Crippen LogP contribution in [0.5, 0.6) is 0 Å². The van der Waals surface area contributed by atoms with E-state index in [-0.39, 0.29) is 5.91 Å². The minimum atomic E-state index is 0.132. The summed E-state index contributed by atoms with van der Waals surface area (Å²) >= 11 is 0. The summed E-state index contributed by atoms with van der Waals surface area (Å²) in [6.07, 6.45) is 4.31. The van der Waals surface area contributed by atoms with E-state index < -0.39 is 0 Å². The number of benzene rings is 1. The fraction of sp³-hybridized carbons (Fsp3) is 0.562. The van der Waals surface area contributed by atoms with Crippen LogP contribution in [0, 0.1) is 6.92 Å². The van der Waals surface area contributed by atoms with E-state index in [2.05, 4.69) is 19.3 Å². The molecule has 0 aliphatic heterocycles. The van der Waals surface area contributed by atoms with Crippen LogP contribution in [-0.4, -0.2) is 23.9 Å². The number of hydrazine groups is 1. The van der Waals surface area contributed by atoms with E-state index in [1.165, 1.54) is 0 Å². The van der Waals surface area contributed by atoms with Crippen molar-refractivity contribution in [1.29, 1.82) is 0 Å². The highest BCUT2D eigenvalue weighted by atomic mass is 16.2. The molecule has 0 bridgehead atoms. The topological polar surface area (TPSA) is 58.4 Å². The Hall–Kier alpha value is -1.55. The average Bonchev–Trinajstić information content (AvgIpc) is 2.46. The zero-order valence-electron chi connectivity index (χ0n) is 12.9. The Kier molecular flexibility index (Phi) is 7.09. The summed E-state index contributed by atoms with van der Waals surface area (Å²) in [5.41, 5.74) is 5.17. The molecule has 0 saturated carbocycles. The monoisotopic (exact) mass is 277 g/mol. The Morgan fingerprint density at radius 2 is 1.80 bits per heavy atom. The van der Waals surface area contributed by atoms with Crippen LogP contribution in [0.25, 0.3) is 0 Å². The Bertz CT molecular complexity index is 424. The van der Waals surface area contributed by atoms with Gasteiger partial charge in [-0.3, -0.25) is 10.6 Å². The van der Waals surface area contributed by atoms with Gasteiger partial charge in [-0.25, -0.2) is 0 Å². The number of unbranched alkanes of at least 4 members (excludes halogenated alkanes) is 2. The molecule has 4 heteroatoms. The smallest absolute Gasteiger partial charge is 0.254 e. The largest absolute Gasteiger partial charge is 0.339 e. The van der Waals surface area contributed by atoms with Crippen molar-refractivity contribution in [3.8, 4) is 0 Å². The number of anilines is 1. The first-order chi connectivity index (χ1) is 9.63. The number of nitrogens with zero attached hydrogens (tertiary/aromatic N) is 1. The molecule has 0 fully saturated rings. The molecular formula is C16H27N3O. The molecule has 1 aromatic carbocycles. The molecule has 0 saturated heterocycles. The molecule has 0 heterocycles. The molecule has 0 aliphatic carbocycles. The van der Waals surface area contributed by atoms with Crippen LogP contribution < -0.4 is 11.3 Å². The van der Waals surface area contributed by atoms with Gasteiger partial charge in [-0.15, -0.1) is 0 Å². The highest BCUT2D eigenvalue weighted by molar-refractivity contribution is 5.96. The molecule has 20 heavy (non-hydrogen) atoms. The Morgan fingerprint density at radius 1 is 1.20 bits per heavy atom. The van der Waals surface area contributed by atoms with Crippen molar-refractivity contribution >= 4 is 11.6 Å². The number of carbonyl (C=O) groups is 1. The van der Waals surface area contributed by atoms with Gasteiger partial charge in [-0.1, -0.05) is 26.7 Å². The minimum Gasteiger partial charge on any atom is -0.339 e. The molecular weight excluding hydrogens is 250 g/mol. The van der Waals surface area contributed by atoms with E-state index in [0.717, 1.165) is 55.6 Å². The number of nitrogens with one attached hydrogen (secondary N) is 1. The Labute approximate surface area is 122 Å². The van der Waals surface area contributed by atoms with Crippen molar-refractivity contribution < 1.29 is 4.79 Å². The molecule has 0 spiro atoms. The van der Waals surface area contributed by atoms with Crippen LogP contribution in [-0.2, 0) is 0 Å². The minimum absolute atomic E-state index is 0.132. The van der Waals surface area contributed by atoms with Gasteiger partial charge < -0.3 is 10.3 Å². The van der Waals surface area contributed by atoms with Crippen LogP contribution >= 0.6 is 0 Å². The first-order valence-corrected chi connectivity index (χ1v) is 7.50. The summed E-state index contributed by atoms with van der Waals surface area (Å²) in [6, 6.07) is 5.61. The van der Waals surface area contributed by atoms with E-state index in [9.17, 15) is 4.79 Å². The first kappa shape index (κ1) is 16.5. The third kappa shape index (κ3) is 4.53. The van der Waals surface area contributed by atoms with Crippen LogP contribution in [0.3, 0.4) is 0 Å². The average molecular weight is 277 g/mol. The predicted molar refractivity (Wildman–Crippen MR) is 84.7 cm³/mol. The number of nitrogen functional groups attached to an aromatic ring is 1. The summed E-state index contributed by atoms with van der Waals surface area (Å²) in [4.78, 5) is 14.6. The Balaban J connectivity index is 2.86. The zero-order valence-corrected chi connectivity index (χ0v) is 12.9. The molecule has 112 valence electrons. The molecule has 0 unspecified atom stereocenters. The summed E-state index contributed by atoms with van der Waals surface area (Å²) in [5.74, 6) is 5.52. The van der Waals surface area contributed by atoms with Crippen molar-refractivity contribution in [3.63, 3.8) is 0 Å². The molecule has 0 radical (unpaired) electrons. The second-order valence-electron chi connectivity index (χ2n) is 5.17. The quantitative estimate of drug-likeness (QED) is 0.566. The van der Waals surface area contributed by atoms with Gasteiger partial charge >= 0.3 is 0 Å². The van der Waals surface area contributed by atoms with Gasteiger partial charge in [-0.2, -0.15) is 0 Å². The van der Waals surface area contributed by atoms with Crippen LogP contribution in [0.1, 0.15) is 55.5 Å². The lowest BCUT2D eigenvalue weighted by Crippen LogP contribution is -2.33. The zero-order chi connectivity index (χ0) is 15.0. The summed E-state index contributed by atoms with van der Waals surface area (Å²) in [7, 11) is 0. The molecule has 4 nitrogen and oxygen atoms in total. The number of hydrogen-bond donors (Lipinski definition) is 2. The fourth-order valence-electron chi connectivity index (χ4n) is 2.18. The van der Waals surface area contributed by atoms with Crippen molar-refractivity contribution in [2.24, 2.45) is 5.84 Å². The van der Waals surface area contributed by atoms with Gasteiger partial charge in [-0.05, 0) is 43.5 Å². The lowest BCUT2D eigenvalue weighted by molar-refractivity contribution is 0.0750. The van der Waals surface area contributed by atoms with Gasteiger partial charge in [0, 0.05) is 24.3 Å². The van der Waals surface area contributed by atoms with Crippen LogP contribution in [0.2, 0.25) is 0 Å².